The van der Waals surface area contributed by atoms with Crippen molar-refractivity contribution in [1.29, 1.82) is 0 Å². The highest BCUT2D eigenvalue weighted by atomic mass is 16.1. The number of rotatable bonds is 6. The molecule has 1 amide bonds. The molecule has 21 heavy (non-hydrogen) atoms. The summed E-state index contributed by atoms with van der Waals surface area (Å²) in [5.74, 6) is -0.229. The zero-order valence-electron chi connectivity index (χ0n) is 13.8. The van der Waals surface area contributed by atoms with Crippen LogP contribution in [0.3, 0.4) is 0 Å². The smallest absolute Gasteiger partial charge is 0.234 e. The van der Waals surface area contributed by atoms with E-state index in [2.05, 4.69) is 35.9 Å². The van der Waals surface area contributed by atoms with Gasteiger partial charge in [0.05, 0.1) is 6.04 Å². The number of nitrogens with zero attached hydrogens (tertiary/aromatic N) is 2. The van der Waals surface area contributed by atoms with Crippen molar-refractivity contribution in [2.24, 2.45) is 5.73 Å². The number of nitrogens with one attached hydrogen (secondary N) is 1. The third kappa shape index (κ3) is 4.66. The van der Waals surface area contributed by atoms with Crippen molar-refractivity contribution in [1.82, 2.24) is 15.1 Å². The van der Waals surface area contributed by atoms with E-state index in [0.717, 1.165) is 25.6 Å². The molecule has 3 N–H and O–H groups in total. The summed E-state index contributed by atoms with van der Waals surface area (Å²) in [7, 11) is 0. The lowest BCUT2D eigenvalue weighted by atomic mass is 9.96. The Morgan fingerprint density at radius 2 is 2.10 bits per heavy atom. The SMILES string of the molecule is CC(C)NC(CCN1CC2CCCCN2CC1C)C(N)=O. The number of primary amides is 1. The van der Waals surface area contributed by atoms with Gasteiger partial charge in [0.15, 0.2) is 0 Å². The average molecular weight is 296 g/mol. The van der Waals surface area contributed by atoms with Crippen molar-refractivity contribution in [3.63, 3.8) is 0 Å². The second-order valence-electron chi connectivity index (χ2n) is 7.05. The standard InChI is InChI=1S/C16H32N4O/c1-12(2)18-15(16(17)21)7-9-19-11-14-6-4-5-8-20(14)10-13(19)3/h12-15,18H,4-11H2,1-3H3,(H2,17,21). The van der Waals surface area contributed by atoms with Gasteiger partial charge in [0.2, 0.25) is 5.91 Å². The van der Waals surface area contributed by atoms with Crippen LogP contribution >= 0.6 is 0 Å². The van der Waals surface area contributed by atoms with Gasteiger partial charge >= 0.3 is 0 Å². The number of hydrogen-bond acceptors (Lipinski definition) is 4. The van der Waals surface area contributed by atoms with E-state index < -0.39 is 0 Å². The van der Waals surface area contributed by atoms with Crippen LogP contribution in [-0.4, -0.2) is 66.1 Å². The molecule has 0 aromatic heterocycles. The zero-order valence-corrected chi connectivity index (χ0v) is 13.8. The van der Waals surface area contributed by atoms with Gasteiger partial charge in [-0.1, -0.05) is 20.3 Å². The second-order valence-corrected chi connectivity index (χ2v) is 7.05. The molecule has 2 saturated heterocycles. The van der Waals surface area contributed by atoms with E-state index in [1.54, 1.807) is 0 Å². The molecule has 5 nitrogen and oxygen atoms in total. The first kappa shape index (κ1) is 16.7. The first-order valence-corrected chi connectivity index (χ1v) is 8.51. The maximum absolute atomic E-state index is 11.6. The lowest BCUT2D eigenvalue weighted by Crippen LogP contribution is -2.59. The van der Waals surface area contributed by atoms with Crippen LogP contribution in [-0.2, 0) is 4.79 Å². The molecule has 5 heteroatoms. The van der Waals surface area contributed by atoms with Gasteiger partial charge in [0, 0.05) is 37.8 Å². The molecule has 0 saturated carbocycles. The van der Waals surface area contributed by atoms with Gasteiger partial charge in [-0.3, -0.25) is 14.6 Å². The first-order valence-electron chi connectivity index (χ1n) is 8.51. The molecule has 2 aliphatic rings. The lowest BCUT2D eigenvalue weighted by molar-refractivity contribution is -0.120. The predicted molar refractivity (Wildman–Crippen MR) is 86.1 cm³/mol. The number of carbonyl (C=O) groups excluding carboxylic acids is 1. The van der Waals surface area contributed by atoms with Crippen LogP contribution in [0.25, 0.3) is 0 Å². The summed E-state index contributed by atoms with van der Waals surface area (Å²) in [6.07, 6.45) is 4.85. The highest BCUT2D eigenvalue weighted by Crippen LogP contribution is 2.24. The van der Waals surface area contributed by atoms with Gasteiger partial charge in [0.1, 0.15) is 0 Å². The van der Waals surface area contributed by atoms with E-state index >= 15 is 0 Å². The number of piperazine rings is 1. The van der Waals surface area contributed by atoms with Crippen molar-refractivity contribution >= 4 is 5.91 Å². The number of piperidine rings is 1. The summed E-state index contributed by atoms with van der Waals surface area (Å²) in [6.45, 7) is 11.0. The molecule has 3 unspecified atom stereocenters. The first-order chi connectivity index (χ1) is 9.97. The van der Waals surface area contributed by atoms with Gasteiger partial charge in [-0.05, 0) is 32.7 Å². The third-order valence-electron chi connectivity index (χ3n) is 4.90. The minimum absolute atomic E-state index is 0.207. The molecule has 2 rings (SSSR count). The van der Waals surface area contributed by atoms with E-state index in [1.807, 2.05) is 0 Å². The molecule has 0 spiro atoms. The molecule has 0 aromatic rings. The van der Waals surface area contributed by atoms with Crippen LogP contribution in [0.15, 0.2) is 0 Å². The summed E-state index contributed by atoms with van der Waals surface area (Å²) >= 11 is 0. The van der Waals surface area contributed by atoms with Crippen molar-refractivity contribution < 1.29 is 4.79 Å². The molecular formula is C16H32N4O. The van der Waals surface area contributed by atoms with E-state index in [0.29, 0.717) is 6.04 Å². The number of hydrogen-bond donors (Lipinski definition) is 2. The monoisotopic (exact) mass is 296 g/mol. The normalized spacial score (nSPS) is 29.3. The fraction of sp³-hybridized carbons (Fsp3) is 0.938. The second kappa shape index (κ2) is 7.56. The Labute approximate surface area is 129 Å². The summed E-state index contributed by atoms with van der Waals surface area (Å²) in [5.41, 5.74) is 5.51. The fourth-order valence-corrected chi connectivity index (χ4v) is 3.73. The Bertz CT molecular complexity index is 347. The molecule has 2 heterocycles. The van der Waals surface area contributed by atoms with Crippen LogP contribution in [0.1, 0.15) is 46.5 Å². The molecule has 0 radical (unpaired) electrons. The van der Waals surface area contributed by atoms with Crippen molar-refractivity contribution in [3.8, 4) is 0 Å². The van der Waals surface area contributed by atoms with E-state index in [4.69, 9.17) is 5.73 Å². The predicted octanol–water partition coefficient (Wildman–Crippen LogP) is 0.787. The Kier molecular flexibility index (Phi) is 6.02. The zero-order chi connectivity index (χ0) is 15.4. The van der Waals surface area contributed by atoms with Gasteiger partial charge in [0.25, 0.3) is 0 Å². The van der Waals surface area contributed by atoms with E-state index in [-0.39, 0.29) is 18.0 Å². The lowest BCUT2D eigenvalue weighted by Gasteiger charge is -2.47. The van der Waals surface area contributed by atoms with Gasteiger partial charge in [-0.25, -0.2) is 0 Å². The molecule has 0 aromatic carbocycles. The largest absolute Gasteiger partial charge is 0.368 e. The molecule has 2 fully saturated rings. The maximum atomic E-state index is 11.6. The number of amides is 1. The van der Waals surface area contributed by atoms with Crippen LogP contribution in [0.5, 0.6) is 0 Å². The molecule has 122 valence electrons. The van der Waals surface area contributed by atoms with Gasteiger partial charge < -0.3 is 11.1 Å². The molecule has 0 bridgehead atoms. The molecule has 3 atom stereocenters. The molecular weight excluding hydrogens is 264 g/mol. The fourth-order valence-electron chi connectivity index (χ4n) is 3.73. The number of nitrogens with two attached hydrogens (primary N) is 1. The summed E-state index contributed by atoms with van der Waals surface area (Å²) < 4.78 is 0. The average Bonchev–Trinajstić information content (AvgIpc) is 2.42. The summed E-state index contributed by atoms with van der Waals surface area (Å²) in [6, 6.07) is 1.38. The van der Waals surface area contributed by atoms with Crippen LogP contribution in [0.2, 0.25) is 0 Å². The number of carbonyl (C=O) groups is 1. The molecule has 0 aliphatic carbocycles. The van der Waals surface area contributed by atoms with E-state index in [9.17, 15) is 4.79 Å². The summed E-state index contributed by atoms with van der Waals surface area (Å²) in [5, 5.41) is 3.28. The minimum atomic E-state index is -0.229. The minimum Gasteiger partial charge on any atom is -0.368 e. The highest BCUT2D eigenvalue weighted by molar-refractivity contribution is 5.79. The van der Waals surface area contributed by atoms with Crippen molar-refractivity contribution in [3.05, 3.63) is 0 Å². The van der Waals surface area contributed by atoms with Crippen LogP contribution in [0.4, 0.5) is 0 Å². The van der Waals surface area contributed by atoms with Gasteiger partial charge in [-0.15, -0.1) is 0 Å². The topological polar surface area (TPSA) is 61.6 Å². The number of fused-ring (bicyclic) bond motifs is 1. The Hall–Kier alpha value is -0.650. The maximum Gasteiger partial charge on any atom is 0.234 e. The Morgan fingerprint density at radius 3 is 2.76 bits per heavy atom. The van der Waals surface area contributed by atoms with Crippen LogP contribution < -0.4 is 11.1 Å². The quantitative estimate of drug-likeness (QED) is 0.761. The van der Waals surface area contributed by atoms with Crippen molar-refractivity contribution in [2.75, 3.05) is 26.2 Å². The van der Waals surface area contributed by atoms with Gasteiger partial charge in [-0.2, -0.15) is 0 Å². The highest BCUT2D eigenvalue weighted by Gasteiger charge is 2.33. The van der Waals surface area contributed by atoms with E-state index in [1.165, 1.54) is 32.4 Å². The summed E-state index contributed by atoms with van der Waals surface area (Å²) in [4.78, 5) is 16.8. The Balaban J connectivity index is 1.85. The van der Waals surface area contributed by atoms with Crippen LogP contribution in [0, 0.1) is 0 Å². The Morgan fingerprint density at radius 1 is 1.33 bits per heavy atom. The van der Waals surface area contributed by atoms with Crippen molar-refractivity contribution in [2.45, 2.75) is 70.6 Å². The third-order valence-corrected chi connectivity index (χ3v) is 4.90. The molecule has 2 aliphatic heterocycles.